The van der Waals surface area contributed by atoms with Crippen LogP contribution in [0.15, 0.2) is 59.0 Å². The fourth-order valence-corrected chi connectivity index (χ4v) is 4.44. The Bertz CT molecular complexity index is 1130. The minimum Gasteiger partial charge on any atom is -0.487 e. The average Bonchev–Trinajstić information content (AvgIpc) is 3.22. The van der Waals surface area contributed by atoms with Crippen LogP contribution in [0.25, 0.3) is 17.0 Å². The maximum atomic E-state index is 12.8. The third kappa shape index (κ3) is 5.70. The van der Waals surface area contributed by atoms with E-state index in [-0.39, 0.29) is 19.1 Å². The minimum absolute atomic E-state index is 0.00176. The monoisotopic (exact) mass is 471 g/mol. The van der Waals surface area contributed by atoms with Crippen molar-refractivity contribution in [1.82, 2.24) is 4.98 Å². The maximum Gasteiger partial charge on any atom is 0.416 e. The van der Waals surface area contributed by atoms with E-state index in [4.69, 9.17) is 9.15 Å². The number of hydrogen-bond donors (Lipinski definition) is 1. The first-order chi connectivity index (χ1) is 16.3. The van der Waals surface area contributed by atoms with Crippen molar-refractivity contribution in [2.75, 3.05) is 6.61 Å². The summed E-state index contributed by atoms with van der Waals surface area (Å²) in [5.74, 6) is 1.93. The van der Waals surface area contributed by atoms with E-state index in [1.807, 2.05) is 30.3 Å². The standard InChI is InChI=1S/C27H28F3NO3/c1-18-25(31-26(34-18)20-10-12-22(13-11-20)27(28,29)30)17-33-23-9-5-8-21(16-23)24(14-15-32)19-6-3-2-4-7-19/h5,8-14,16,19,32H,2-4,6-7,15,17H2,1H3/b24-14+. The molecule has 4 rings (SSSR count). The van der Waals surface area contributed by atoms with Gasteiger partial charge >= 0.3 is 6.18 Å². The van der Waals surface area contributed by atoms with Crippen LogP contribution in [0, 0.1) is 12.8 Å². The predicted molar refractivity (Wildman–Crippen MR) is 124 cm³/mol. The highest BCUT2D eigenvalue weighted by molar-refractivity contribution is 5.68. The molecule has 1 saturated carbocycles. The van der Waals surface area contributed by atoms with Crippen molar-refractivity contribution in [3.8, 4) is 17.2 Å². The summed E-state index contributed by atoms with van der Waals surface area (Å²) in [6.45, 7) is 1.92. The first kappa shape index (κ1) is 24.1. The molecule has 0 aliphatic heterocycles. The fourth-order valence-electron chi connectivity index (χ4n) is 4.44. The average molecular weight is 472 g/mol. The Labute approximate surface area is 197 Å². The second-order valence-corrected chi connectivity index (χ2v) is 8.59. The Balaban J connectivity index is 1.47. The van der Waals surface area contributed by atoms with Crippen LogP contribution >= 0.6 is 0 Å². The van der Waals surface area contributed by atoms with Crippen LogP contribution in [0.4, 0.5) is 13.2 Å². The summed E-state index contributed by atoms with van der Waals surface area (Å²) >= 11 is 0. The largest absolute Gasteiger partial charge is 0.487 e. The van der Waals surface area contributed by atoms with Gasteiger partial charge in [-0.2, -0.15) is 13.2 Å². The van der Waals surface area contributed by atoms with Crippen LogP contribution in [0.5, 0.6) is 5.75 Å². The number of nitrogens with zero attached hydrogens (tertiary/aromatic N) is 1. The number of hydrogen-bond acceptors (Lipinski definition) is 4. The van der Waals surface area contributed by atoms with E-state index in [0.29, 0.717) is 28.7 Å². The Morgan fingerprint density at radius 2 is 1.85 bits per heavy atom. The molecule has 34 heavy (non-hydrogen) atoms. The van der Waals surface area contributed by atoms with Crippen molar-refractivity contribution in [3.05, 3.63) is 77.2 Å². The third-order valence-corrected chi connectivity index (χ3v) is 6.25. The summed E-state index contributed by atoms with van der Waals surface area (Å²) in [5, 5.41) is 9.55. The van der Waals surface area contributed by atoms with Crippen LogP contribution in [-0.2, 0) is 12.8 Å². The van der Waals surface area contributed by atoms with Gasteiger partial charge in [0, 0.05) is 5.56 Å². The number of benzene rings is 2. The molecule has 3 aromatic rings. The van der Waals surface area contributed by atoms with E-state index in [1.54, 1.807) is 6.92 Å². The summed E-state index contributed by atoms with van der Waals surface area (Å²) in [5.41, 5.74) is 2.54. The summed E-state index contributed by atoms with van der Waals surface area (Å²) in [6.07, 6.45) is 3.43. The molecule has 1 aromatic heterocycles. The number of allylic oxidation sites excluding steroid dienone is 1. The SMILES string of the molecule is Cc1oc(-c2ccc(C(F)(F)F)cc2)nc1COc1cccc(/C(=C/CO)C2CCCCC2)c1. The molecule has 0 amide bonds. The Hall–Kier alpha value is -3.06. The molecule has 0 spiro atoms. The van der Waals surface area contributed by atoms with E-state index in [9.17, 15) is 18.3 Å². The second kappa shape index (κ2) is 10.5. The van der Waals surface area contributed by atoms with Crippen molar-refractivity contribution in [3.63, 3.8) is 0 Å². The molecule has 180 valence electrons. The smallest absolute Gasteiger partial charge is 0.416 e. The van der Waals surface area contributed by atoms with E-state index in [2.05, 4.69) is 4.98 Å². The third-order valence-electron chi connectivity index (χ3n) is 6.25. The van der Waals surface area contributed by atoms with Crippen LogP contribution in [0.3, 0.4) is 0 Å². The highest BCUT2D eigenvalue weighted by Gasteiger charge is 2.30. The zero-order valence-corrected chi connectivity index (χ0v) is 19.1. The maximum absolute atomic E-state index is 12.8. The lowest BCUT2D eigenvalue weighted by atomic mass is 9.81. The van der Waals surface area contributed by atoms with Gasteiger partial charge in [-0.05, 0) is 73.2 Å². The number of oxazole rings is 1. The number of alkyl halides is 3. The molecule has 4 nitrogen and oxygen atoms in total. The van der Waals surface area contributed by atoms with Gasteiger partial charge in [-0.15, -0.1) is 0 Å². The van der Waals surface area contributed by atoms with Gasteiger partial charge in [0.05, 0.1) is 12.2 Å². The molecule has 0 atom stereocenters. The molecule has 1 fully saturated rings. The highest BCUT2D eigenvalue weighted by atomic mass is 19.4. The summed E-state index contributed by atoms with van der Waals surface area (Å²) in [6, 6.07) is 12.5. The fraction of sp³-hybridized carbons (Fsp3) is 0.370. The first-order valence-electron chi connectivity index (χ1n) is 11.5. The zero-order valence-electron chi connectivity index (χ0n) is 19.1. The van der Waals surface area contributed by atoms with E-state index < -0.39 is 11.7 Å². The molecule has 2 aromatic carbocycles. The highest BCUT2D eigenvalue weighted by Crippen LogP contribution is 2.36. The van der Waals surface area contributed by atoms with Crippen molar-refractivity contribution in [1.29, 1.82) is 0 Å². The molecule has 0 unspecified atom stereocenters. The molecule has 1 aliphatic rings. The van der Waals surface area contributed by atoms with Crippen molar-refractivity contribution < 1.29 is 27.4 Å². The van der Waals surface area contributed by atoms with Crippen molar-refractivity contribution in [2.45, 2.75) is 51.8 Å². The molecule has 7 heteroatoms. The van der Waals surface area contributed by atoms with E-state index in [1.165, 1.54) is 31.4 Å². The van der Waals surface area contributed by atoms with Gasteiger partial charge in [0.15, 0.2) is 0 Å². The van der Waals surface area contributed by atoms with Crippen LogP contribution in [-0.4, -0.2) is 16.7 Å². The Morgan fingerprint density at radius 1 is 1.12 bits per heavy atom. The van der Waals surface area contributed by atoms with Gasteiger partial charge < -0.3 is 14.3 Å². The summed E-state index contributed by atoms with van der Waals surface area (Å²) in [7, 11) is 0. The summed E-state index contributed by atoms with van der Waals surface area (Å²) in [4.78, 5) is 4.43. The Kier molecular flexibility index (Phi) is 7.41. The van der Waals surface area contributed by atoms with Gasteiger partial charge in [0.2, 0.25) is 5.89 Å². The van der Waals surface area contributed by atoms with Gasteiger partial charge in [-0.1, -0.05) is 37.5 Å². The van der Waals surface area contributed by atoms with E-state index in [0.717, 1.165) is 36.1 Å². The lowest BCUT2D eigenvalue weighted by Gasteiger charge is -2.25. The van der Waals surface area contributed by atoms with Gasteiger partial charge in [0.25, 0.3) is 0 Å². The normalized spacial score (nSPS) is 15.5. The zero-order chi connectivity index (χ0) is 24.1. The number of aliphatic hydroxyl groups is 1. The lowest BCUT2D eigenvalue weighted by molar-refractivity contribution is -0.137. The second-order valence-electron chi connectivity index (χ2n) is 8.59. The number of halogens is 3. The molecule has 0 saturated heterocycles. The Morgan fingerprint density at radius 3 is 2.53 bits per heavy atom. The molecule has 1 N–H and O–H groups in total. The molecule has 0 radical (unpaired) electrons. The molecule has 1 heterocycles. The van der Waals surface area contributed by atoms with Crippen LogP contribution in [0.2, 0.25) is 0 Å². The topological polar surface area (TPSA) is 55.5 Å². The van der Waals surface area contributed by atoms with Gasteiger partial charge in [-0.3, -0.25) is 0 Å². The quantitative estimate of drug-likeness (QED) is 0.396. The van der Waals surface area contributed by atoms with E-state index >= 15 is 0 Å². The van der Waals surface area contributed by atoms with Crippen LogP contribution < -0.4 is 4.74 Å². The number of ether oxygens (including phenoxy) is 1. The van der Waals surface area contributed by atoms with Gasteiger partial charge in [0.1, 0.15) is 23.8 Å². The predicted octanol–water partition coefficient (Wildman–Crippen LogP) is 7.20. The van der Waals surface area contributed by atoms with Crippen molar-refractivity contribution >= 4 is 5.57 Å². The first-order valence-corrected chi connectivity index (χ1v) is 11.5. The lowest BCUT2D eigenvalue weighted by Crippen LogP contribution is -2.09. The molecule has 0 bridgehead atoms. The number of aryl methyl sites for hydroxylation is 1. The van der Waals surface area contributed by atoms with Gasteiger partial charge in [-0.25, -0.2) is 4.98 Å². The number of aromatic nitrogens is 1. The summed E-state index contributed by atoms with van der Waals surface area (Å²) < 4.78 is 50.1. The number of rotatable bonds is 7. The minimum atomic E-state index is -4.39. The molecular formula is C27H28F3NO3. The molecule has 1 aliphatic carbocycles. The van der Waals surface area contributed by atoms with Crippen LogP contribution in [0.1, 0.15) is 54.7 Å². The number of aliphatic hydroxyl groups excluding tert-OH is 1. The van der Waals surface area contributed by atoms with Crippen molar-refractivity contribution in [2.24, 2.45) is 5.92 Å². The molecular weight excluding hydrogens is 443 g/mol.